The van der Waals surface area contributed by atoms with Crippen molar-refractivity contribution in [3.63, 3.8) is 0 Å². The molecule has 1 fully saturated rings. The Bertz CT molecular complexity index is 344. The Morgan fingerprint density at radius 1 is 1.50 bits per heavy atom. The number of methoxy groups -OCH3 is 1. The molecular formula is C11H20N4O. The van der Waals surface area contributed by atoms with Gasteiger partial charge in [0.15, 0.2) is 5.82 Å². The summed E-state index contributed by atoms with van der Waals surface area (Å²) >= 11 is 0. The van der Waals surface area contributed by atoms with Gasteiger partial charge in [-0.25, -0.2) is 4.98 Å². The third-order valence-electron chi connectivity index (χ3n) is 3.21. The fourth-order valence-corrected chi connectivity index (χ4v) is 2.35. The number of hydrogen-bond acceptors (Lipinski definition) is 4. The molecule has 2 N–H and O–H groups in total. The molecule has 1 saturated carbocycles. The number of rotatable bonds is 4. The summed E-state index contributed by atoms with van der Waals surface area (Å²) < 4.78 is 6.83. The van der Waals surface area contributed by atoms with E-state index < -0.39 is 0 Å². The van der Waals surface area contributed by atoms with Crippen LogP contribution in [0, 0.1) is 0 Å². The van der Waals surface area contributed by atoms with Gasteiger partial charge in [-0.1, -0.05) is 12.8 Å². The Hall–Kier alpha value is -0.940. The standard InChI is InChI=1S/C11H20N4O/c1-15-11(9(12)7-16-2)13-10(14-15)8-5-3-4-6-8/h8-9H,3-7,12H2,1-2H3. The van der Waals surface area contributed by atoms with Crippen LogP contribution in [0.15, 0.2) is 0 Å². The van der Waals surface area contributed by atoms with E-state index in [9.17, 15) is 0 Å². The molecule has 1 atom stereocenters. The van der Waals surface area contributed by atoms with E-state index in [2.05, 4.69) is 10.1 Å². The summed E-state index contributed by atoms with van der Waals surface area (Å²) in [4.78, 5) is 4.56. The van der Waals surface area contributed by atoms with Crippen LogP contribution in [0.25, 0.3) is 0 Å². The fraction of sp³-hybridized carbons (Fsp3) is 0.818. The van der Waals surface area contributed by atoms with Crippen LogP contribution in [-0.4, -0.2) is 28.5 Å². The van der Waals surface area contributed by atoms with Crippen LogP contribution in [0.4, 0.5) is 0 Å². The van der Waals surface area contributed by atoms with E-state index >= 15 is 0 Å². The lowest BCUT2D eigenvalue weighted by molar-refractivity contribution is 0.177. The lowest BCUT2D eigenvalue weighted by Gasteiger charge is -2.08. The van der Waals surface area contributed by atoms with Crippen molar-refractivity contribution in [2.24, 2.45) is 12.8 Å². The van der Waals surface area contributed by atoms with E-state index in [1.54, 1.807) is 11.8 Å². The molecule has 1 heterocycles. The minimum Gasteiger partial charge on any atom is -0.383 e. The minimum atomic E-state index is -0.183. The van der Waals surface area contributed by atoms with Gasteiger partial charge in [-0.3, -0.25) is 4.68 Å². The molecule has 5 heteroatoms. The molecule has 1 unspecified atom stereocenters. The molecule has 1 aliphatic carbocycles. The molecule has 16 heavy (non-hydrogen) atoms. The van der Waals surface area contributed by atoms with Crippen molar-refractivity contribution in [3.8, 4) is 0 Å². The average Bonchev–Trinajstić information content (AvgIpc) is 2.86. The molecule has 90 valence electrons. The molecule has 0 radical (unpaired) electrons. The maximum atomic E-state index is 5.97. The van der Waals surface area contributed by atoms with Gasteiger partial charge in [0.1, 0.15) is 5.82 Å². The van der Waals surface area contributed by atoms with Gasteiger partial charge in [0.2, 0.25) is 0 Å². The van der Waals surface area contributed by atoms with Crippen molar-refractivity contribution in [2.45, 2.75) is 37.6 Å². The van der Waals surface area contributed by atoms with Crippen LogP contribution < -0.4 is 5.73 Å². The van der Waals surface area contributed by atoms with Crippen LogP contribution in [0.5, 0.6) is 0 Å². The van der Waals surface area contributed by atoms with Gasteiger partial charge < -0.3 is 10.5 Å². The minimum absolute atomic E-state index is 0.183. The Labute approximate surface area is 96.0 Å². The molecule has 5 nitrogen and oxygen atoms in total. The second-order valence-corrected chi connectivity index (χ2v) is 4.50. The van der Waals surface area contributed by atoms with E-state index in [4.69, 9.17) is 10.5 Å². The highest BCUT2D eigenvalue weighted by atomic mass is 16.5. The first kappa shape index (κ1) is 11.5. The molecule has 1 aromatic heterocycles. The average molecular weight is 224 g/mol. The van der Waals surface area contributed by atoms with Gasteiger partial charge in [-0.05, 0) is 12.8 Å². The van der Waals surface area contributed by atoms with Gasteiger partial charge in [-0.2, -0.15) is 5.10 Å². The maximum absolute atomic E-state index is 5.97. The quantitative estimate of drug-likeness (QED) is 0.832. The van der Waals surface area contributed by atoms with Crippen molar-refractivity contribution < 1.29 is 4.74 Å². The van der Waals surface area contributed by atoms with Crippen molar-refractivity contribution in [2.75, 3.05) is 13.7 Å². The number of aryl methyl sites for hydroxylation is 1. The van der Waals surface area contributed by atoms with Crippen LogP contribution in [0.1, 0.15) is 49.3 Å². The molecule has 1 aliphatic rings. The van der Waals surface area contributed by atoms with Crippen LogP contribution >= 0.6 is 0 Å². The fourth-order valence-electron chi connectivity index (χ4n) is 2.35. The zero-order valence-electron chi connectivity index (χ0n) is 10.0. The summed E-state index contributed by atoms with van der Waals surface area (Å²) in [6.45, 7) is 0.483. The number of nitrogens with two attached hydrogens (primary N) is 1. The first-order valence-corrected chi connectivity index (χ1v) is 5.87. The number of nitrogens with zero attached hydrogens (tertiary/aromatic N) is 3. The molecule has 1 aromatic rings. The summed E-state index contributed by atoms with van der Waals surface area (Å²) in [6, 6.07) is -0.183. The SMILES string of the molecule is COCC(N)c1nc(C2CCCC2)nn1C. The molecule has 0 spiro atoms. The van der Waals surface area contributed by atoms with Crippen molar-refractivity contribution in [1.29, 1.82) is 0 Å². The van der Waals surface area contributed by atoms with E-state index in [-0.39, 0.29) is 6.04 Å². The highest BCUT2D eigenvalue weighted by Gasteiger charge is 2.23. The van der Waals surface area contributed by atoms with Crippen LogP contribution in [0.3, 0.4) is 0 Å². The Kier molecular flexibility index (Phi) is 3.56. The molecule has 0 bridgehead atoms. The zero-order chi connectivity index (χ0) is 11.5. The summed E-state index contributed by atoms with van der Waals surface area (Å²) in [5, 5.41) is 4.47. The predicted molar refractivity (Wildman–Crippen MR) is 61.0 cm³/mol. The first-order chi connectivity index (χ1) is 7.72. The smallest absolute Gasteiger partial charge is 0.154 e. The lowest BCUT2D eigenvalue weighted by atomic mass is 10.1. The third-order valence-corrected chi connectivity index (χ3v) is 3.21. The van der Waals surface area contributed by atoms with E-state index in [0.717, 1.165) is 11.6 Å². The maximum Gasteiger partial charge on any atom is 0.154 e. The van der Waals surface area contributed by atoms with Gasteiger partial charge in [0.25, 0.3) is 0 Å². The van der Waals surface area contributed by atoms with Crippen molar-refractivity contribution >= 4 is 0 Å². The summed E-state index contributed by atoms with van der Waals surface area (Å²) in [7, 11) is 3.55. The van der Waals surface area contributed by atoms with Gasteiger partial charge in [0.05, 0.1) is 12.6 Å². The summed E-state index contributed by atoms with van der Waals surface area (Å²) in [5.74, 6) is 2.32. The van der Waals surface area contributed by atoms with Crippen LogP contribution in [0.2, 0.25) is 0 Å². The van der Waals surface area contributed by atoms with Crippen molar-refractivity contribution in [3.05, 3.63) is 11.6 Å². The molecule has 0 amide bonds. The monoisotopic (exact) mass is 224 g/mol. The molecule has 2 rings (SSSR count). The Balaban J connectivity index is 2.14. The second kappa shape index (κ2) is 4.93. The first-order valence-electron chi connectivity index (χ1n) is 5.87. The topological polar surface area (TPSA) is 66.0 Å². The van der Waals surface area contributed by atoms with E-state index in [1.807, 2.05) is 7.05 Å². The third kappa shape index (κ3) is 2.25. The van der Waals surface area contributed by atoms with Crippen molar-refractivity contribution in [1.82, 2.24) is 14.8 Å². The van der Waals surface area contributed by atoms with Gasteiger partial charge >= 0.3 is 0 Å². The predicted octanol–water partition coefficient (Wildman–Crippen LogP) is 1.12. The highest BCUT2D eigenvalue weighted by Crippen LogP contribution is 2.32. The summed E-state index contributed by atoms with van der Waals surface area (Å²) in [5.41, 5.74) is 5.97. The lowest BCUT2D eigenvalue weighted by Crippen LogP contribution is -2.20. The molecule has 0 aromatic carbocycles. The van der Waals surface area contributed by atoms with E-state index in [0.29, 0.717) is 12.5 Å². The normalized spacial score (nSPS) is 19.2. The number of aromatic nitrogens is 3. The largest absolute Gasteiger partial charge is 0.383 e. The zero-order valence-corrected chi connectivity index (χ0v) is 10.0. The van der Waals surface area contributed by atoms with Gasteiger partial charge in [-0.15, -0.1) is 0 Å². The number of hydrogen-bond donors (Lipinski definition) is 1. The second-order valence-electron chi connectivity index (χ2n) is 4.50. The molecule has 0 aliphatic heterocycles. The Morgan fingerprint density at radius 2 is 2.19 bits per heavy atom. The molecular weight excluding hydrogens is 204 g/mol. The highest BCUT2D eigenvalue weighted by molar-refractivity contribution is 5.04. The van der Waals surface area contributed by atoms with E-state index in [1.165, 1.54) is 25.7 Å². The van der Waals surface area contributed by atoms with Gasteiger partial charge in [0, 0.05) is 20.1 Å². The Morgan fingerprint density at radius 3 is 2.81 bits per heavy atom. The number of ether oxygens (including phenoxy) is 1. The molecule has 0 saturated heterocycles. The van der Waals surface area contributed by atoms with Crippen LogP contribution in [-0.2, 0) is 11.8 Å². The summed E-state index contributed by atoms with van der Waals surface area (Å²) in [6.07, 6.45) is 5.01.